The summed E-state index contributed by atoms with van der Waals surface area (Å²) in [6, 6.07) is 18.5. The average Bonchev–Trinajstić information content (AvgIpc) is 2.81. The molecule has 0 atom stereocenters. The third-order valence-corrected chi connectivity index (χ3v) is 6.32. The fourth-order valence-corrected chi connectivity index (χ4v) is 4.38. The van der Waals surface area contributed by atoms with E-state index in [0.29, 0.717) is 28.9 Å². The van der Waals surface area contributed by atoms with Gasteiger partial charge in [-0.05, 0) is 35.9 Å². The quantitative estimate of drug-likeness (QED) is 0.463. The van der Waals surface area contributed by atoms with E-state index in [2.05, 4.69) is 9.71 Å². The van der Waals surface area contributed by atoms with Gasteiger partial charge in [-0.2, -0.15) is 0 Å². The van der Waals surface area contributed by atoms with Crippen molar-refractivity contribution in [2.45, 2.75) is 11.4 Å². The molecular formula is C23H21N3O5S. The van der Waals surface area contributed by atoms with Crippen LogP contribution in [0.15, 0.2) is 82.7 Å². The van der Waals surface area contributed by atoms with E-state index in [9.17, 15) is 13.2 Å². The number of hydrogen-bond donors (Lipinski definition) is 1. The van der Waals surface area contributed by atoms with Crippen LogP contribution in [-0.2, 0) is 16.6 Å². The van der Waals surface area contributed by atoms with Crippen LogP contribution in [0.1, 0.15) is 5.56 Å². The molecule has 0 aliphatic heterocycles. The standard InChI is InChI=1S/C23H21N3O5S/c1-30-21-11-9-18(13-22(21)31-2)32(28,29)25-17-8-10-20-19(12-17)23(27)26(15-24-20)14-16-6-4-3-5-7-16/h3-13,15,25H,14H2,1-2H3. The van der Waals surface area contributed by atoms with Gasteiger partial charge in [-0.3, -0.25) is 14.1 Å². The maximum atomic E-state index is 13.0. The highest BCUT2D eigenvalue weighted by atomic mass is 32.2. The number of nitrogens with one attached hydrogen (secondary N) is 1. The van der Waals surface area contributed by atoms with E-state index in [1.165, 1.54) is 49.4 Å². The Balaban J connectivity index is 1.67. The summed E-state index contributed by atoms with van der Waals surface area (Å²) in [7, 11) is -1.03. The molecule has 4 rings (SSSR count). The molecular weight excluding hydrogens is 430 g/mol. The van der Waals surface area contributed by atoms with Gasteiger partial charge in [0.1, 0.15) is 0 Å². The zero-order valence-corrected chi connectivity index (χ0v) is 18.3. The Morgan fingerprint density at radius 1 is 0.938 bits per heavy atom. The minimum Gasteiger partial charge on any atom is -0.493 e. The SMILES string of the molecule is COc1ccc(S(=O)(=O)Nc2ccc3ncn(Cc4ccccc4)c(=O)c3c2)cc1OC. The summed E-state index contributed by atoms with van der Waals surface area (Å²) >= 11 is 0. The summed E-state index contributed by atoms with van der Waals surface area (Å²) in [6.45, 7) is 0.365. The maximum Gasteiger partial charge on any atom is 0.262 e. The van der Waals surface area contributed by atoms with Gasteiger partial charge in [0, 0.05) is 11.8 Å². The first-order chi connectivity index (χ1) is 15.4. The molecule has 0 radical (unpaired) electrons. The number of benzene rings is 3. The van der Waals surface area contributed by atoms with E-state index in [-0.39, 0.29) is 16.1 Å². The van der Waals surface area contributed by atoms with Gasteiger partial charge >= 0.3 is 0 Å². The summed E-state index contributed by atoms with van der Waals surface area (Å²) in [6.07, 6.45) is 1.49. The number of nitrogens with zero attached hydrogens (tertiary/aromatic N) is 2. The smallest absolute Gasteiger partial charge is 0.262 e. The van der Waals surface area contributed by atoms with Gasteiger partial charge in [0.15, 0.2) is 11.5 Å². The first-order valence-electron chi connectivity index (χ1n) is 9.69. The van der Waals surface area contributed by atoms with Gasteiger partial charge in [-0.1, -0.05) is 30.3 Å². The highest BCUT2D eigenvalue weighted by Gasteiger charge is 2.18. The topological polar surface area (TPSA) is 99.5 Å². The molecule has 32 heavy (non-hydrogen) atoms. The molecule has 0 amide bonds. The number of anilines is 1. The van der Waals surface area contributed by atoms with E-state index in [1.807, 2.05) is 30.3 Å². The van der Waals surface area contributed by atoms with Crippen LogP contribution in [0.4, 0.5) is 5.69 Å². The fraction of sp³-hybridized carbons (Fsp3) is 0.130. The van der Waals surface area contributed by atoms with Crippen molar-refractivity contribution < 1.29 is 17.9 Å². The summed E-state index contributed by atoms with van der Waals surface area (Å²) < 4.78 is 40.1. The van der Waals surface area contributed by atoms with E-state index in [0.717, 1.165) is 5.56 Å². The van der Waals surface area contributed by atoms with Gasteiger partial charge in [0.05, 0.1) is 42.9 Å². The number of sulfonamides is 1. The third kappa shape index (κ3) is 4.28. The van der Waals surface area contributed by atoms with Crippen molar-refractivity contribution in [3.63, 3.8) is 0 Å². The van der Waals surface area contributed by atoms with Crippen molar-refractivity contribution in [3.8, 4) is 11.5 Å². The van der Waals surface area contributed by atoms with Crippen LogP contribution in [-0.4, -0.2) is 32.2 Å². The zero-order valence-electron chi connectivity index (χ0n) is 17.5. The molecule has 0 unspecified atom stereocenters. The van der Waals surface area contributed by atoms with Crippen molar-refractivity contribution in [2.24, 2.45) is 0 Å². The van der Waals surface area contributed by atoms with Gasteiger partial charge in [-0.25, -0.2) is 13.4 Å². The van der Waals surface area contributed by atoms with E-state index < -0.39 is 10.0 Å². The second-order valence-electron chi connectivity index (χ2n) is 7.02. The Hall–Kier alpha value is -3.85. The van der Waals surface area contributed by atoms with E-state index in [4.69, 9.17) is 9.47 Å². The third-order valence-electron chi connectivity index (χ3n) is 4.94. The lowest BCUT2D eigenvalue weighted by atomic mass is 10.2. The predicted octanol–water partition coefficient (Wildman–Crippen LogP) is 3.26. The van der Waals surface area contributed by atoms with Crippen LogP contribution in [0.3, 0.4) is 0 Å². The highest BCUT2D eigenvalue weighted by Crippen LogP contribution is 2.30. The Bertz CT molecular complexity index is 1430. The molecule has 9 heteroatoms. The normalized spacial score (nSPS) is 11.3. The summed E-state index contributed by atoms with van der Waals surface area (Å²) in [4.78, 5) is 17.3. The molecule has 0 aliphatic rings. The molecule has 1 heterocycles. The van der Waals surface area contributed by atoms with Crippen LogP contribution in [0.25, 0.3) is 10.9 Å². The van der Waals surface area contributed by atoms with Crippen molar-refractivity contribution in [1.82, 2.24) is 9.55 Å². The number of hydrogen-bond acceptors (Lipinski definition) is 6. The Kier molecular flexibility index (Phi) is 5.83. The highest BCUT2D eigenvalue weighted by molar-refractivity contribution is 7.92. The minimum absolute atomic E-state index is 0.00271. The monoisotopic (exact) mass is 451 g/mol. The zero-order chi connectivity index (χ0) is 22.7. The van der Waals surface area contributed by atoms with E-state index >= 15 is 0 Å². The Morgan fingerprint density at radius 2 is 1.69 bits per heavy atom. The first kappa shape index (κ1) is 21.4. The first-order valence-corrected chi connectivity index (χ1v) is 11.2. The molecule has 164 valence electrons. The van der Waals surface area contributed by atoms with Crippen molar-refractivity contribution in [2.75, 3.05) is 18.9 Å². The van der Waals surface area contributed by atoms with Gasteiger partial charge in [0.25, 0.3) is 15.6 Å². The number of rotatable bonds is 7. The number of aromatic nitrogens is 2. The molecule has 0 aliphatic carbocycles. The summed E-state index contributed by atoms with van der Waals surface area (Å²) in [5.74, 6) is 0.712. The molecule has 0 saturated carbocycles. The lowest BCUT2D eigenvalue weighted by molar-refractivity contribution is 0.354. The van der Waals surface area contributed by atoms with E-state index in [1.54, 1.807) is 12.1 Å². The molecule has 3 aromatic carbocycles. The lowest BCUT2D eigenvalue weighted by Gasteiger charge is -2.12. The van der Waals surface area contributed by atoms with Crippen molar-refractivity contribution in [1.29, 1.82) is 0 Å². The Morgan fingerprint density at radius 3 is 2.41 bits per heavy atom. The van der Waals surface area contributed by atoms with Crippen LogP contribution < -0.4 is 19.8 Å². The lowest BCUT2D eigenvalue weighted by Crippen LogP contribution is -2.21. The molecule has 0 fully saturated rings. The fourth-order valence-electron chi connectivity index (χ4n) is 3.31. The van der Waals surface area contributed by atoms with Crippen LogP contribution in [0.2, 0.25) is 0 Å². The van der Waals surface area contributed by atoms with Crippen molar-refractivity contribution in [3.05, 3.63) is 89.0 Å². The second-order valence-corrected chi connectivity index (χ2v) is 8.70. The largest absolute Gasteiger partial charge is 0.493 e. The number of ether oxygens (including phenoxy) is 2. The minimum atomic E-state index is -3.93. The van der Waals surface area contributed by atoms with Crippen LogP contribution >= 0.6 is 0 Å². The van der Waals surface area contributed by atoms with Gasteiger partial charge in [-0.15, -0.1) is 0 Å². The molecule has 0 spiro atoms. The predicted molar refractivity (Wildman–Crippen MR) is 122 cm³/mol. The molecule has 1 N–H and O–H groups in total. The number of methoxy groups -OCH3 is 2. The maximum absolute atomic E-state index is 13.0. The molecule has 1 aromatic heterocycles. The Labute approximate surface area is 185 Å². The molecule has 0 bridgehead atoms. The van der Waals surface area contributed by atoms with Crippen LogP contribution in [0, 0.1) is 0 Å². The average molecular weight is 452 g/mol. The molecule has 4 aromatic rings. The molecule has 8 nitrogen and oxygen atoms in total. The van der Waals surface area contributed by atoms with Gasteiger partial charge in [0.2, 0.25) is 0 Å². The van der Waals surface area contributed by atoms with Crippen LogP contribution in [0.5, 0.6) is 11.5 Å². The second kappa shape index (κ2) is 8.72. The van der Waals surface area contributed by atoms with Crippen molar-refractivity contribution >= 4 is 26.6 Å². The summed E-state index contributed by atoms with van der Waals surface area (Å²) in [5.41, 5.74) is 1.43. The summed E-state index contributed by atoms with van der Waals surface area (Å²) in [5, 5.41) is 0.316. The van der Waals surface area contributed by atoms with Gasteiger partial charge < -0.3 is 9.47 Å². The number of fused-ring (bicyclic) bond motifs is 1. The molecule has 0 saturated heterocycles.